The molecule has 1 aromatic rings. The van der Waals surface area contributed by atoms with Gasteiger partial charge in [-0.3, -0.25) is 0 Å². The average molecular weight is 283 g/mol. The molecule has 1 aliphatic heterocycles. The standard InChI is InChI=1S/C11H12N2O2Se/c12-6-8-7-1-2-11(14-3-4-15-11)5-9(7)16-10(8)13/h1-5,13H2. The predicted molar refractivity (Wildman–Crippen MR) is 59.2 cm³/mol. The molecule has 0 bridgehead atoms. The van der Waals surface area contributed by atoms with Crippen LogP contribution in [0, 0.1) is 11.3 Å². The summed E-state index contributed by atoms with van der Waals surface area (Å²) in [5, 5.41) is 9.06. The minimum absolute atomic E-state index is 0.128. The van der Waals surface area contributed by atoms with Gasteiger partial charge in [-0.2, -0.15) is 0 Å². The summed E-state index contributed by atoms with van der Waals surface area (Å²) in [6.45, 7) is 1.37. The Balaban J connectivity index is 1.99. The molecule has 16 heavy (non-hydrogen) atoms. The first-order valence-electron chi connectivity index (χ1n) is 5.32. The molecule has 0 aromatic carbocycles. The molecule has 0 saturated carbocycles. The van der Waals surface area contributed by atoms with Crippen LogP contribution in [0.25, 0.3) is 0 Å². The van der Waals surface area contributed by atoms with Gasteiger partial charge in [-0.05, 0) is 0 Å². The van der Waals surface area contributed by atoms with E-state index in [0.29, 0.717) is 13.2 Å². The number of hydrogen-bond acceptors (Lipinski definition) is 4. The first-order chi connectivity index (χ1) is 7.74. The fraction of sp³-hybridized carbons (Fsp3) is 0.545. The van der Waals surface area contributed by atoms with Gasteiger partial charge in [0.15, 0.2) is 0 Å². The van der Waals surface area contributed by atoms with E-state index >= 15 is 0 Å². The van der Waals surface area contributed by atoms with Crippen molar-refractivity contribution in [2.24, 2.45) is 0 Å². The van der Waals surface area contributed by atoms with E-state index in [0.717, 1.165) is 29.4 Å². The number of nitriles is 1. The van der Waals surface area contributed by atoms with E-state index in [2.05, 4.69) is 6.07 Å². The Labute approximate surface area is 99.7 Å². The van der Waals surface area contributed by atoms with Crippen molar-refractivity contribution in [3.8, 4) is 6.07 Å². The Kier molecular flexibility index (Phi) is 2.34. The van der Waals surface area contributed by atoms with E-state index < -0.39 is 5.79 Å². The van der Waals surface area contributed by atoms with Gasteiger partial charge in [-0.25, -0.2) is 0 Å². The number of rotatable bonds is 0. The van der Waals surface area contributed by atoms with Crippen LogP contribution in [0.2, 0.25) is 0 Å². The zero-order chi connectivity index (χ0) is 11.2. The third-order valence-electron chi connectivity index (χ3n) is 3.23. The van der Waals surface area contributed by atoms with E-state index in [1.165, 1.54) is 10.0 Å². The fourth-order valence-electron chi connectivity index (χ4n) is 2.46. The second-order valence-electron chi connectivity index (χ2n) is 4.14. The second-order valence-corrected chi connectivity index (χ2v) is 6.52. The van der Waals surface area contributed by atoms with Gasteiger partial charge < -0.3 is 0 Å². The second kappa shape index (κ2) is 3.61. The van der Waals surface area contributed by atoms with Crippen molar-refractivity contribution in [1.29, 1.82) is 5.26 Å². The fourth-order valence-corrected chi connectivity index (χ4v) is 4.88. The molecule has 1 saturated heterocycles. The summed E-state index contributed by atoms with van der Waals surface area (Å²) in [5.41, 5.74) is 7.79. The van der Waals surface area contributed by atoms with Crippen LogP contribution in [0.15, 0.2) is 0 Å². The zero-order valence-corrected chi connectivity index (χ0v) is 10.5. The molecule has 1 spiro atoms. The molecule has 2 heterocycles. The van der Waals surface area contributed by atoms with Crippen LogP contribution < -0.4 is 5.73 Å². The SMILES string of the molecule is N#Cc1c(N)[se]c2c1CCC1(C2)OCCO1. The first-order valence-corrected chi connectivity index (χ1v) is 7.03. The summed E-state index contributed by atoms with van der Waals surface area (Å²) < 4.78 is 13.5. The van der Waals surface area contributed by atoms with Gasteiger partial charge in [0, 0.05) is 0 Å². The van der Waals surface area contributed by atoms with Crippen LogP contribution in [0.4, 0.5) is 4.56 Å². The molecule has 2 aliphatic rings. The molecule has 84 valence electrons. The molecule has 1 fully saturated rings. The topological polar surface area (TPSA) is 68.3 Å². The molecule has 0 unspecified atom stereocenters. The number of anilines is 1. The molecular formula is C11H12N2O2Se. The quantitative estimate of drug-likeness (QED) is 0.701. The van der Waals surface area contributed by atoms with E-state index in [1.54, 1.807) is 0 Å². The Morgan fingerprint density at radius 2 is 2.12 bits per heavy atom. The van der Waals surface area contributed by atoms with Crippen LogP contribution in [0.3, 0.4) is 0 Å². The van der Waals surface area contributed by atoms with Gasteiger partial charge >= 0.3 is 99.4 Å². The summed E-state index contributed by atoms with van der Waals surface area (Å²) in [4.78, 5) is 0. The van der Waals surface area contributed by atoms with Crippen LogP contribution >= 0.6 is 0 Å². The Morgan fingerprint density at radius 3 is 2.81 bits per heavy atom. The molecule has 5 heteroatoms. The number of ether oxygens (including phenoxy) is 2. The monoisotopic (exact) mass is 284 g/mol. The van der Waals surface area contributed by atoms with Gasteiger partial charge in [0.2, 0.25) is 0 Å². The summed E-state index contributed by atoms with van der Waals surface area (Å²) in [6.07, 6.45) is 2.51. The van der Waals surface area contributed by atoms with Gasteiger partial charge in [0.05, 0.1) is 0 Å². The van der Waals surface area contributed by atoms with Crippen molar-refractivity contribution >= 4 is 19.1 Å². The summed E-state index contributed by atoms with van der Waals surface area (Å²) in [7, 11) is 0. The third-order valence-corrected chi connectivity index (χ3v) is 5.46. The average Bonchev–Trinajstić information content (AvgIpc) is 2.82. The first kappa shape index (κ1) is 10.4. The normalized spacial score (nSPS) is 21.9. The zero-order valence-electron chi connectivity index (χ0n) is 8.78. The van der Waals surface area contributed by atoms with E-state index in [9.17, 15) is 0 Å². The van der Waals surface area contributed by atoms with Crippen molar-refractivity contribution in [2.75, 3.05) is 18.9 Å². The Hall–Kier alpha value is -0.791. The van der Waals surface area contributed by atoms with Crippen LogP contribution in [0.5, 0.6) is 0 Å². The molecule has 4 nitrogen and oxygen atoms in total. The molecule has 0 radical (unpaired) electrons. The molecular weight excluding hydrogens is 271 g/mol. The number of hydrogen-bond donors (Lipinski definition) is 1. The van der Waals surface area contributed by atoms with Gasteiger partial charge in [-0.15, -0.1) is 0 Å². The number of nitrogens with two attached hydrogens (primary N) is 1. The molecule has 1 aliphatic carbocycles. The van der Waals surface area contributed by atoms with Crippen molar-refractivity contribution in [1.82, 2.24) is 0 Å². The maximum absolute atomic E-state index is 9.06. The van der Waals surface area contributed by atoms with Crippen molar-refractivity contribution in [3.05, 3.63) is 15.6 Å². The van der Waals surface area contributed by atoms with Gasteiger partial charge in [0.1, 0.15) is 0 Å². The van der Waals surface area contributed by atoms with Crippen LogP contribution in [-0.2, 0) is 22.3 Å². The molecule has 0 atom stereocenters. The van der Waals surface area contributed by atoms with Gasteiger partial charge in [0.25, 0.3) is 0 Å². The maximum atomic E-state index is 9.06. The van der Waals surface area contributed by atoms with Gasteiger partial charge in [-0.1, -0.05) is 0 Å². The molecule has 1 aromatic heterocycles. The number of fused-ring (bicyclic) bond motifs is 1. The Morgan fingerprint density at radius 1 is 1.38 bits per heavy atom. The van der Waals surface area contributed by atoms with E-state index in [4.69, 9.17) is 20.5 Å². The van der Waals surface area contributed by atoms with Crippen molar-refractivity contribution in [2.45, 2.75) is 25.0 Å². The molecule has 3 rings (SSSR count). The summed E-state index contributed by atoms with van der Waals surface area (Å²) >= 11 is 0.128. The van der Waals surface area contributed by atoms with E-state index in [1.807, 2.05) is 0 Å². The van der Waals surface area contributed by atoms with Crippen molar-refractivity contribution < 1.29 is 9.47 Å². The number of nitrogen functional groups attached to an aromatic ring is 1. The summed E-state index contributed by atoms with van der Waals surface area (Å²) in [6, 6.07) is 2.22. The predicted octanol–water partition coefficient (Wildman–Crippen LogP) is 0.429. The molecule has 0 amide bonds. The Bertz CT molecular complexity index is 469. The minimum atomic E-state index is -0.397. The number of nitrogens with zero attached hydrogens (tertiary/aromatic N) is 1. The van der Waals surface area contributed by atoms with E-state index in [-0.39, 0.29) is 14.5 Å². The van der Waals surface area contributed by atoms with Crippen LogP contribution in [-0.4, -0.2) is 33.5 Å². The molecule has 2 N–H and O–H groups in total. The van der Waals surface area contributed by atoms with Crippen LogP contribution in [0.1, 0.15) is 22.0 Å². The van der Waals surface area contributed by atoms with Crippen molar-refractivity contribution in [3.63, 3.8) is 0 Å². The third kappa shape index (κ3) is 1.42. The summed E-state index contributed by atoms with van der Waals surface area (Å²) in [5.74, 6) is -0.397.